The maximum Gasteiger partial charge on any atom is 0.119 e. The molecule has 0 saturated carbocycles. The number of unbranched alkanes of at least 4 members (excludes halogenated alkanes) is 2. The van der Waals surface area contributed by atoms with Gasteiger partial charge in [-0.05, 0) is 89.8 Å². The van der Waals surface area contributed by atoms with Gasteiger partial charge in [0.25, 0.3) is 0 Å². The lowest BCUT2D eigenvalue weighted by Gasteiger charge is -2.39. The van der Waals surface area contributed by atoms with E-state index in [1.54, 1.807) is 18.2 Å². The van der Waals surface area contributed by atoms with Crippen molar-refractivity contribution in [2.24, 2.45) is 11.8 Å². The third-order valence-corrected chi connectivity index (χ3v) is 9.34. The Kier molecular flexibility index (Phi) is 10.2. The summed E-state index contributed by atoms with van der Waals surface area (Å²) in [6.07, 6.45) is 12.9. The van der Waals surface area contributed by atoms with Gasteiger partial charge in [-0.2, -0.15) is 0 Å². The van der Waals surface area contributed by atoms with Crippen molar-refractivity contribution in [2.75, 3.05) is 12.4 Å². The lowest BCUT2D eigenvalue weighted by molar-refractivity contribution is 0.266. The van der Waals surface area contributed by atoms with Crippen molar-refractivity contribution in [2.45, 2.75) is 104 Å². The van der Waals surface area contributed by atoms with Gasteiger partial charge >= 0.3 is 0 Å². The zero-order chi connectivity index (χ0) is 27.8. The topological polar surface area (TPSA) is 21.3 Å². The van der Waals surface area contributed by atoms with Gasteiger partial charge in [-0.15, -0.1) is 0 Å². The summed E-state index contributed by atoms with van der Waals surface area (Å²) in [5.41, 5.74) is 9.60. The minimum Gasteiger partial charge on any atom is -0.497 e. The van der Waals surface area contributed by atoms with Crippen LogP contribution in [0.3, 0.4) is 0 Å². The number of hydrogen-bond acceptors (Lipinski definition) is 2. The number of hydrogen-bond donors (Lipinski definition) is 1. The summed E-state index contributed by atoms with van der Waals surface area (Å²) in [5, 5.41) is 3.77. The molecule has 2 unspecified atom stereocenters. The van der Waals surface area contributed by atoms with Crippen LogP contribution in [0.4, 0.5) is 11.4 Å². The van der Waals surface area contributed by atoms with E-state index in [2.05, 4.69) is 94.5 Å². The second-order valence-electron chi connectivity index (χ2n) is 11.9. The van der Waals surface area contributed by atoms with E-state index in [-0.39, 0.29) is 5.41 Å². The molecule has 0 aromatic heterocycles. The van der Waals surface area contributed by atoms with E-state index in [0.29, 0.717) is 0 Å². The lowest BCUT2D eigenvalue weighted by atomic mass is 9.65. The Labute approximate surface area is 238 Å². The number of ether oxygens (including phenoxy) is 1. The summed E-state index contributed by atoms with van der Waals surface area (Å²) in [6.45, 7) is 11.6. The number of methoxy groups -OCH3 is 1. The van der Waals surface area contributed by atoms with Crippen LogP contribution in [-0.2, 0) is 5.41 Å². The quantitative estimate of drug-likeness (QED) is 0.213. The molecule has 4 rings (SSSR count). The maximum atomic E-state index is 5.45. The van der Waals surface area contributed by atoms with E-state index in [0.717, 1.165) is 23.3 Å². The summed E-state index contributed by atoms with van der Waals surface area (Å²) in [5.74, 6) is 2.39. The summed E-state index contributed by atoms with van der Waals surface area (Å²) in [6, 6.07) is 22.8. The molecule has 0 aliphatic heterocycles. The van der Waals surface area contributed by atoms with Gasteiger partial charge in [0.2, 0.25) is 0 Å². The molecule has 0 amide bonds. The van der Waals surface area contributed by atoms with Crippen LogP contribution in [0.2, 0.25) is 0 Å². The van der Waals surface area contributed by atoms with Crippen molar-refractivity contribution in [1.29, 1.82) is 0 Å². The highest BCUT2D eigenvalue weighted by Crippen LogP contribution is 2.56. The fourth-order valence-corrected chi connectivity index (χ4v) is 6.99. The van der Waals surface area contributed by atoms with Gasteiger partial charge in [0.1, 0.15) is 5.75 Å². The third-order valence-electron chi connectivity index (χ3n) is 9.34. The maximum absolute atomic E-state index is 5.45. The highest BCUT2D eigenvalue weighted by molar-refractivity contribution is 5.83. The summed E-state index contributed by atoms with van der Waals surface area (Å²) < 4.78 is 5.45. The van der Waals surface area contributed by atoms with E-state index < -0.39 is 0 Å². The second kappa shape index (κ2) is 13.6. The van der Waals surface area contributed by atoms with Crippen LogP contribution in [0, 0.1) is 18.8 Å². The zero-order valence-corrected chi connectivity index (χ0v) is 25.4. The van der Waals surface area contributed by atoms with Crippen LogP contribution in [0.25, 0.3) is 11.1 Å². The van der Waals surface area contributed by atoms with Crippen molar-refractivity contribution in [3.05, 3.63) is 77.4 Å². The Morgan fingerprint density at radius 3 is 1.97 bits per heavy atom. The molecule has 0 saturated heterocycles. The first-order valence-corrected chi connectivity index (χ1v) is 15.7. The monoisotopic (exact) mass is 525 g/mol. The van der Waals surface area contributed by atoms with Gasteiger partial charge in [-0.25, -0.2) is 0 Å². The first-order chi connectivity index (χ1) is 19.0. The molecule has 1 aliphatic rings. The summed E-state index contributed by atoms with van der Waals surface area (Å²) in [4.78, 5) is 0. The minimum absolute atomic E-state index is 0.0708. The lowest BCUT2D eigenvalue weighted by Crippen LogP contribution is -2.31. The Hall–Kier alpha value is -2.74. The molecule has 3 aromatic rings. The highest BCUT2D eigenvalue weighted by atomic mass is 16.5. The van der Waals surface area contributed by atoms with Crippen molar-refractivity contribution >= 4 is 11.4 Å². The van der Waals surface area contributed by atoms with Gasteiger partial charge in [-0.3, -0.25) is 0 Å². The van der Waals surface area contributed by atoms with Gasteiger partial charge in [0, 0.05) is 16.8 Å². The van der Waals surface area contributed by atoms with Crippen LogP contribution in [-0.4, -0.2) is 7.11 Å². The van der Waals surface area contributed by atoms with E-state index in [1.165, 1.54) is 86.6 Å². The number of rotatable bonds is 15. The molecule has 39 heavy (non-hydrogen) atoms. The van der Waals surface area contributed by atoms with Crippen molar-refractivity contribution in [3.8, 4) is 16.9 Å². The average molecular weight is 526 g/mol. The molecular formula is C37H51NO. The van der Waals surface area contributed by atoms with Crippen LogP contribution in [0.15, 0.2) is 60.7 Å². The van der Waals surface area contributed by atoms with E-state index in [4.69, 9.17) is 4.74 Å². The largest absolute Gasteiger partial charge is 0.497 e. The molecule has 0 heterocycles. The predicted octanol–water partition coefficient (Wildman–Crippen LogP) is 11.2. The molecule has 210 valence electrons. The molecule has 0 fully saturated rings. The number of anilines is 2. The molecular weight excluding hydrogens is 474 g/mol. The van der Waals surface area contributed by atoms with Crippen LogP contribution < -0.4 is 10.1 Å². The van der Waals surface area contributed by atoms with Gasteiger partial charge in [0.05, 0.1) is 7.11 Å². The Balaban J connectivity index is 1.82. The second-order valence-corrected chi connectivity index (χ2v) is 11.9. The molecule has 0 bridgehead atoms. The first-order valence-electron chi connectivity index (χ1n) is 15.7. The number of aryl methyl sites for hydroxylation is 1. The first kappa shape index (κ1) is 29.2. The number of nitrogens with one attached hydrogen (secondary N) is 1. The zero-order valence-electron chi connectivity index (χ0n) is 25.4. The van der Waals surface area contributed by atoms with E-state index in [9.17, 15) is 0 Å². The van der Waals surface area contributed by atoms with Gasteiger partial charge in [0.15, 0.2) is 0 Å². The van der Waals surface area contributed by atoms with E-state index >= 15 is 0 Å². The highest BCUT2D eigenvalue weighted by Gasteiger charge is 2.45. The van der Waals surface area contributed by atoms with Gasteiger partial charge in [-0.1, -0.05) is 109 Å². The van der Waals surface area contributed by atoms with Crippen molar-refractivity contribution in [3.63, 3.8) is 0 Å². The Bertz CT molecular complexity index is 1190. The molecule has 2 heteroatoms. The smallest absolute Gasteiger partial charge is 0.119 e. The van der Waals surface area contributed by atoms with Gasteiger partial charge < -0.3 is 10.1 Å². The fourth-order valence-electron chi connectivity index (χ4n) is 6.99. The summed E-state index contributed by atoms with van der Waals surface area (Å²) >= 11 is 0. The normalized spacial score (nSPS) is 17.4. The number of benzene rings is 3. The SMILES string of the molecule is CCCCC(CC)CC1(CC(CC)CCCC)c2ccccc2-c2ccc(Nc3ccc(OC)cc3C)cc21. The Morgan fingerprint density at radius 2 is 1.38 bits per heavy atom. The van der Waals surface area contributed by atoms with Crippen LogP contribution in [0.1, 0.15) is 109 Å². The van der Waals surface area contributed by atoms with Crippen molar-refractivity contribution < 1.29 is 4.74 Å². The number of fused-ring (bicyclic) bond motifs is 3. The van der Waals surface area contributed by atoms with Crippen LogP contribution >= 0.6 is 0 Å². The third kappa shape index (κ3) is 6.37. The molecule has 2 atom stereocenters. The molecule has 2 nitrogen and oxygen atoms in total. The molecule has 0 radical (unpaired) electrons. The summed E-state index contributed by atoms with van der Waals surface area (Å²) in [7, 11) is 1.73. The molecule has 1 aliphatic carbocycles. The predicted molar refractivity (Wildman–Crippen MR) is 170 cm³/mol. The molecule has 3 aromatic carbocycles. The minimum atomic E-state index is 0.0708. The Morgan fingerprint density at radius 1 is 0.744 bits per heavy atom. The van der Waals surface area contributed by atoms with Crippen LogP contribution in [0.5, 0.6) is 5.75 Å². The molecule has 0 spiro atoms. The fraction of sp³-hybridized carbons (Fsp3) is 0.514. The van der Waals surface area contributed by atoms with Crippen molar-refractivity contribution in [1.82, 2.24) is 0 Å². The van der Waals surface area contributed by atoms with E-state index in [1.807, 2.05) is 6.07 Å². The molecule has 1 N–H and O–H groups in total. The average Bonchev–Trinajstić information content (AvgIpc) is 3.23. The standard InChI is InChI=1S/C37H51NO/c1-7-11-15-28(9-3)25-37(26-29(10-4)16-12-8-2)34-18-14-13-17-32(34)33-21-19-30(24-35(33)37)38-36-22-20-31(39-6)23-27(36)5/h13-14,17-24,28-29,38H,7-12,15-16,25-26H2,1-6H3.